The molecule has 75 heavy (non-hydrogen) atoms. The van der Waals surface area contributed by atoms with Crippen LogP contribution in [0, 0.1) is 45.8 Å². The van der Waals surface area contributed by atoms with Crippen LogP contribution in [-0.4, -0.2) is 224 Å². The van der Waals surface area contributed by atoms with Crippen molar-refractivity contribution < 1.29 is 108 Å². The van der Waals surface area contributed by atoms with Gasteiger partial charge in [0.25, 0.3) is 0 Å². The van der Waals surface area contributed by atoms with Crippen molar-refractivity contribution in [2.45, 2.75) is 241 Å². The van der Waals surface area contributed by atoms with Gasteiger partial charge in [-0.1, -0.05) is 52.7 Å². The Hall–Kier alpha value is -1.59. The lowest BCUT2D eigenvalue weighted by molar-refractivity contribution is -0.388. The number of hydrogen-bond acceptors (Lipinski definition) is 22. The van der Waals surface area contributed by atoms with Gasteiger partial charge in [0.2, 0.25) is 0 Å². The largest absolute Gasteiger partial charge is 0.459 e. The summed E-state index contributed by atoms with van der Waals surface area (Å²) in [7, 11) is 1.21. The van der Waals surface area contributed by atoms with Gasteiger partial charge in [-0.2, -0.15) is 0 Å². The number of cyclic esters (lactones) is 1. The number of rotatable bonds is 15. The van der Waals surface area contributed by atoms with Crippen molar-refractivity contribution in [3.63, 3.8) is 0 Å². The van der Waals surface area contributed by atoms with E-state index in [0.717, 1.165) is 44.9 Å². The predicted molar refractivity (Wildman–Crippen MR) is 257 cm³/mol. The van der Waals surface area contributed by atoms with Crippen LogP contribution in [0.1, 0.15) is 106 Å². The summed E-state index contributed by atoms with van der Waals surface area (Å²) in [6.45, 7) is 12.5. The fourth-order valence-electron chi connectivity index (χ4n) is 15.7. The predicted octanol–water partition coefficient (Wildman–Crippen LogP) is -0.727. The van der Waals surface area contributed by atoms with E-state index in [2.05, 4.69) is 41.5 Å². The molecule has 5 aliphatic heterocycles. The summed E-state index contributed by atoms with van der Waals surface area (Å²) >= 11 is 0. The second-order valence-corrected chi connectivity index (χ2v) is 24.7. The van der Waals surface area contributed by atoms with Crippen molar-refractivity contribution in [3.8, 4) is 0 Å². The number of carbonyl (C=O) groups is 1. The highest BCUT2D eigenvalue weighted by Crippen LogP contribution is 2.71. The van der Waals surface area contributed by atoms with Crippen LogP contribution in [0.5, 0.6) is 0 Å². The molecule has 0 aromatic rings. The van der Waals surface area contributed by atoms with Gasteiger partial charge in [0.15, 0.2) is 25.2 Å². The Balaban J connectivity index is 0.934. The van der Waals surface area contributed by atoms with E-state index in [0.29, 0.717) is 18.8 Å². The van der Waals surface area contributed by atoms with Gasteiger partial charge in [0, 0.05) is 13.0 Å². The number of fused-ring (bicyclic) bond motifs is 4. The lowest BCUT2D eigenvalue weighted by atomic mass is 9.43. The van der Waals surface area contributed by atoms with Crippen LogP contribution >= 0.6 is 0 Å². The summed E-state index contributed by atoms with van der Waals surface area (Å²) < 4.78 is 60.4. The maximum atomic E-state index is 14.3. The number of esters is 1. The summed E-state index contributed by atoms with van der Waals surface area (Å²) in [6, 6.07) is 0. The quantitative estimate of drug-likeness (QED) is 0.0547. The van der Waals surface area contributed by atoms with Crippen LogP contribution in [0.15, 0.2) is 11.6 Å². The molecule has 11 N–H and O–H groups in total. The van der Waals surface area contributed by atoms with E-state index in [-0.39, 0.29) is 35.1 Å². The zero-order valence-corrected chi connectivity index (χ0v) is 44.5. The molecule has 9 rings (SSSR count). The Labute approximate surface area is 438 Å². The number of aliphatic hydroxyl groups is 11. The van der Waals surface area contributed by atoms with Crippen molar-refractivity contribution in [1.82, 2.24) is 0 Å². The smallest absolute Gasteiger partial charge is 0.316 e. The fraction of sp³-hybridized carbons (Fsp3) is 0.943. The maximum absolute atomic E-state index is 14.3. The topological polar surface area (TPSA) is 332 Å². The summed E-state index contributed by atoms with van der Waals surface area (Å²) in [5, 5.41) is 122. The van der Waals surface area contributed by atoms with Crippen LogP contribution in [0.25, 0.3) is 0 Å². The van der Waals surface area contributed by atoms with Gasteiger partial charge in [-0.15, -0.1) is 0 Å². The van der Waals surface area contributed by atoms with E-state index >= 15 is 0 Å². The molecule has 4 aliphatic carbocycles. The van der Waals surface area contributed by atoms with Crippen molar-refractivity contribution in [1.29, 1.82) is 0 Å². The van der Waals surface area contributed by atoms with Gasteiger partial charge >= 0.3 is 5.97 Å². The molecular formula is C53H86O22. The molecule has 22 heteroatoms. The van der Waals surface area contributed by atoms with Crippen molar-refractivity contribution in [2.24, 2.45) is 45.8 Å². The highest BCUT2D eigenvalue weighted by Gasteiger charge is 2.74. The van der Waals surface area contributed by atoms with Gasteiger partial charge in [-0.05, 0) is 99.7 Å². The number of allylic oxidation sites excluding steroid dienone is 1. The van der Waals surface area contributed by atoms with Crippen LogP contribution in [0.3, 0.4) is 0 Å². The molecule has 3 unspecified atom stereocenters. The van der Waals surface area contributed by atoms with Crippen molar-refractivity contribution in [3.05, 3.63) is 11.6 Å². The van der Waals surface area contributed by atoms with E-state index in [9.17, 15) is 61.0 Å². The van der Waals surface area contributed by atoms with Gasteiger partial charge in [-0.25, -0.2) is 0 Å². The van der Waals surface area contributed by atoms with Gasteiger partial charge in [0.1, 0.15) is 96.5 Å². The molecule has 1 spiro atoms. The second-order valence-electron chi connectivity index (χ2n) is 24.7. The molecule has 22 nitrogen and oxygen atoms in total. The molecule has 5 saturated heterocycles. The third-order valence-corrected chi connectivity index (χ3v) is 19.7. The molecule has 28 atom stereocenters. The maximum Gasteiger partial charge on any atom is 0.316 e. The number of methoxy groups -OCH3 is 1. The molecule has 0 radical (unpaired) electrons. The Morgan fingerprint density at radius 1 is 0.667 bits per heavy atom. The molecule has 5 heterocycles. The van der Waals surface area contributed by atoms with Crippen LogP contribution in [0.4, 0.5) is 0 Å². The third kappa shape index (κ3) is 9.80. The first-order chi connectivity index (χ1) is 35.4. The zero-order valence-electron chi connectivity index (χ0n) is 44.5. The van der Waals surface area contributed by atoms with Gasteiger partial charge < -0.3 is 104 Å². The number of aliphatic hydroxyl groups excluding tert-OH is 11. The number of hydrogen-bond donors (Lipinski definition) is 11. The third-order valence-electron chi connectivity index (χ3n) is 19.7. The van der Waals surface area contributed by atoms with Crippen LogP contribution in [-0.2, 0) is 52.2 Å². The van der Waals surface area contributed by atoms with E-state index in [1.165, 1.54) is 19.6 Å². The first-order valence-corrected chi connectivity index (χ1v) is 27.4. The number of carbonyl (C=O) groups excluding carboxylic acids is 1. The first-order valence-electron chi connectivity index (χ1n) is 27.4. The molecule has 8 fully saturated rings. The lowest BCUT2D eigenvalue weighted by Gasteiger charge is -2.62. The fourth-order valence-corrected chi connectivity index (χ4v) is 15.7. The Kier molecular flexibility index (Phi) is 17.1. The highest BCUT2D eigenvalue weighted by atomic mass is 16.8. The van der Waals surface area contributed by atoms with Crippen LogP contribution < -0.4 is 0 Å². The molecule has 0 bridgehead atoms. The minimum Gasteiger partial charge on any atom is -0.459 e. The standard InChI is InChI=1S/C53H86O22/c1-22(2)10-9-16-52(7)31-14-12-25-24-11-13-30-50(4,5)33(15-17-51(30,6)26(24)18-32(56)53(25,31)49(65)75-52)72-48-44(74-45-39(62)38(61)34(57)23(3)68-45)37(60)29(21-67-48)71-46-41(64)43(36(59)28(20-55)69-46)73-47-40(63)42(66-8)35(58)27(19-54)70-47/h18,22-25,27-48,54-64H,9-17,19-21H2,1-8H3/t23-,24?,25?,27-,28-,29-,30?,31-,32+,33+,34-,35-,36-,37+,38+,39-,40-,41-,42+,43+,44-,45+,46+,47+,48+,51-,52+,53-/m1/s1. The lowest BCUT2D eigenvalue weighted by Crippen LogP contribution is -2.66. The zero-order chi connectivity index (χ0) is 54.4. The van der Waals surface area contributed by atoms with E-state index in [4.69, 9.17) is 47.4 Å². The average Bonchev–Trinajstić information content (AvgIpc) is 4.01. The van der Waals surface area contributed by atoms with Gasteiger partial charge in [0.05, 0.1) is 38.1 Å². The van der Waals surface area contributed by atoms with E-state index in [1.807, 2.05) is 6.08 Å². The molecule has 3 saturated carbocycles. The summed E-state index contributed by atoms with van der Waals surface area (Å²) in [5.41, 5.74) is -1.36. The van der Waals surface area contributed by atoms with Crippen LogP contribution in [0.2, 0.25) is 0 Å². The number of ether oxygens (including phenoxy) is 10. The molecule has 0 aromatic carbocycles. The molecule has 0 aromatic heterocycles. The monoisotopic (exact) mass is 1070 g/mol. The van der Waals surface area contributed by atoms with Gasteiger partial charge in [-0.3, -0.25) is 4.79 Å². The molecular weight excluding hydrogens is 989 g/mol. The second kappa shape index (κ2) is 22.0. The normalized spacial score (nSPS) is 52.6. The van der Waals surface area contributed by atoms with Crippen molar-refractivity contribution in [2.75, 3.05) is 26.9 Å². The summed E-state index contributed by atoms with van der Waals surface area (Å²) in [5.74, 6) is 0.267. The highest BCUT2D eigenvalue weighted by molar-refractivity contribution is 5.83. The Morgan fingerprint density at radius 2 is 1.28 bits per heavy atom. The first kappa shape index (κ1) is 58.1. The minimum absolute atomic E-state index is 0.0292. The minimum atomic E-state index is -1.90. The average molecular weight is 1080 g/mol. The molecule has 9 aliphatic rings. The molecule has 430 valence electrons. The molecule has 0 amide bonds. The van der Waals surface area contributed by atoms with Crippen molar-refractivity contribution >= 4 is 5.97 Å². The SMILES string of the molecule is CO[C@@H]1[C@@H](O)[C@H](O[C@@H]2[C@@H](O)[C@H](O[C@@H]3CO[C@@H](O[C@H]4CC[C@]5(C)C6=C[C@H](O)[C@]78C(=O)O[C@@](C)(CCCC(C)C)[C@H]7CCC8C6CCC5C4(C)C)[C@H](O[C@@H]4O[C@H](C)[C@@H](O)[C@H](O)[C@H]4O)[C@H]3O)O[C@H](CO)[C@H]2O)O[C@H](CO)[C@H]1O. The summed E-state index contributed by atoms with van der Waals surface area (Å²) in [4.78, 5) is 14.3. The Morgan fingerprint density at radius 3 is 1.93 bits per heavy atom. The summed E-state index contributed by atoms with van der Waals surface area (Å²) in [6.07, 6.45) is -21.9. The van der Waals surface area contributed by atoms with E-state index < -0.39 is 165 Å². The van der Waals surface area contributed by atoms with E-state index in [1.54, 1.807) is 0 Å². The Bertz CT molecular complexity index is 2010.